The number of carbonyl (C=O) groups excluding carboxylic acids is 1. The third-order valence-corrected chi connectivity index (χ3v) is 15.2. The predicted molar refractivity (Wildman–Crippen MR) is 202 cm³/mol. The highest BCUT2D eigenvalue weighted by Crippen LogP contribution is 2.56. The van der Waals surface area contributed by atoms with E-state index in [4.69, 9.17) is 23.7 Å². The molecule has 5 aliphatic heterocycles. The summed E-state index contributed by atoms with van der Waals surface area (Å²) >= 11 is 0. The van der Waals surface area contributed by atoms with Crippen molar-refractivity contribution in [3.8, 4) is 0 Å². The summed E-state index contributed by atoms with van der Waals surface area (Å²) < 4.78 is 34.3. The molecule has 2 unspecified atom stereocenters. The van der Waals surface area contributed by atoms with Crippen LogP contribution in [0.3, 0.4) is 0 Å². The summed E-state index contributed by atoms with van der Waals surface area (Å²) in [4.78, 5) is 26.6. The number of Topliss-reactive ketones (excluding diaryl/α,β-unsaturated/α-hetero) is 1. The molecule has 5 heterocycles. The van der Waals surface area contributed by atoms with Crippen molar-refractivity contribution >= 4 is 11.8 Å². The molecule has 5 rings (SSSR count). The number of carboxylic acid groups (broad SMARTS) is 1. The third-order valence-electron chi connectivity index (χ3n) is 15.2. The van der Waals surface area contributed by atoms with Gasteiger partial charge in [0.05, 0.1) is 53.2 Å². The molecule has 53 heavy (non-hydrogen) atoms. The second kappa shape index (κ2) is 16.0. The van der Waals surface area contributed by atoms with E-state index in [-0.39, 0.29) is 53.9 Å². The van der Waals surface area contributed by atoms with Crippen molar-refractivity contribution in [1.29, 1.82) is 0 Å². The van der Waals surface area contributed by atoms with E-state index >= 15 is 0 Å². The molecule has 5 aliphatic rings. The maximum absolute atomic E-state index is 14.5. The van der Waals surface area contributed by atoms with Gasteiger partial charge in [-0.15, -0.1) is 0 Å². The molecule has 306 valence electrons. The van der Waals surface area contributed by atoms with Crippen LogP contribution in [0.2, 0.25) is 0 Å². The van der Waals surface area contributed by atoms with Gasteiger partial charge in [-0.2, -0.15) is 0 Å². The second-order valence-corrected chi connectivity index (χ2v) is 18.8. The molecule has 0 aliphatic carbocycles. The second-order valence-electron chi connectivity index (χ2n) is 18.8. The molecule has 0 bridgehead atoms. The lowest BCUT2D eigenvalue weighted by Gasteiger charge is -2.55. The lowest BCUT2D eigenvalue weighted by atomic mass is 9.71. The first-order chi connectivity index (χ1) is 24.7. The quantitative estimate of drug-likeness (QED) is 0.181. The van der Waals surface area contributed by atoms with Crippen molar-refractivity contribution in [2.24, 2.45) is 41.4 Å². The molecular weight excluding hydrogens is 676 g/mol. The fourth-order valence-electron chi connectivity index (χ4n) is 11.3. The van der Waals surface area contributed by atoms with Gasteiger partial charge in [0.25, 0.3) is 0 Å². The molecule has 2 spiro atoms. The van der Waals surface area contributed by atoms with E-state index in [0.717, 1.165) is 51.4 Å². The number of carboxylic acids is 1. The molecule has 0 saturated carbocycles. The largest absolute Gasteiger partial charge is 0.481 e. The van der Waals surface area contributed by atoms with Gasteiger partial charge in [-0.1, -0.05) is 55.4 Å². The molecule has 10 heteroatoms. The SMILES string of the molecule is CC[C@@H](C(=O)[C@@H](C)[C@@H](O)[C@H](C)C1O[C@@](C)([C@@H](CC)C(=O)O)CC[C@@H]1C)C1O[C@]2(CCC[C@]3(CC[C@@](C)([C@H]4CC[C@](O)(CC)[C@H](C)O4)O3)O2)[C@H](C)C[C@@H]1C. The maximum atomic E-state index is 14.5. The molecular formula is C43H74O10. The van der Waals surface area contributed by atoms with Gasteiger partial charge in [-0.05, 0) is 96.8 Å². The Balaban J connectivity index is 1.29. The van der Waals surface area contributed by atoms with Crippen LogP contribution in [0, 0.1) is 41.4 Å². The van der Waals surface area contributed by atoms with Crippen LogP contribution in [0.4, 0.5) is 0 Å². The lowest BCUT2D eigenvalue weighted by molar-refractivity contribution is -0.424. The molecule has 0 aromatic heterocycles. The van der Waals surface area contributed by atoms with Gasteiger partial charge < -0.3 is 39.0 Å². The summed E-state index contributed by atoms with van der Waals surface area (Å²) in [5.74, 6) is -4.33. The van der Waals surface area contributed by atoms with Gasteiger partial charge in [0.15, 0.2) is 11.6 Å². The molecule has 17 atom stereocenters. The van der Waals surface area contributed by atoms with Crippen LogP contribution < -0.4 is 0 Å². The van der Waals surface area contributed by atoms with E-state index in [0.29, 0.717) is 32.1 Å². The third kappa shape index (κ3) is 8.04. The topological polar surface area (TPSA) is 141 Å². The van der Waals surface area contributed by atoms with Gasteiger partial charge >= 0.3 is 5.97 Å². The van der Waals surface area contributed by atoms with Gasteiger partial charge in [0.1, 0.15) is 5.78 Å². The zero-order valence-electron chi connectivity index (χ0n) is 34.8. The number of ether oxygens (including phenoxy) is 5. The average molecular weight is 751 g/mol. The Kier molecular flexibility index (Phi) is 13.0. The number of carbonyl (C=O) groups is 2. The summed E-state index contributed by atoms with van der Waals surface area (Å²) in [5.41, 5.74) is -2.19. The maximum Gasteiger partial charge on any atom is 0.309 e. The number of aliphatic hydroxyl groups excluding tert-OH is 1. The van der Waals surface area contributed by atoms with Gasteiger partial charge in [0.2, 0.25) is 0 Å². The minimum Gasteiger partial charge on any atom is -0.481 e. The minimum absolute atomic E-state index is 0.0117. The standard InChI is InChI=1S/C43H74O10/c1-12-31(35(45)28(7)34(44)29(8)36-25(4)16-20-39(10,50-36)32(13-2)38(46)47)37-26(5)24-27(6)43(51-37)19-15-18-42(53-43)23-22-40(11,52-42)33-17-21-41(48,14-3)30(9)49-33/h25-34,36-37,44,48H,12-24H2,1-11H3,(H,46,47)/t25-,26-,27+,28-,29-,30-,31-,32-,33+,34+,36?,37?,39+,40-,41+,42+,43-/m0/s1. The number of aliphatic hydroxyl groups is 2. The molecule has 0 amide bonds. The fraction of sp³-hybridized carbons (Fsp3) is 0.953. The van der Waals surface area contributed by atoms with Crippen molar-refractivity contribution in [3.05, 3.63) is 0 Å². The minimum atomic E-state index is -0.958. The number of hydrogen-bond acceptors (Lipinski definition) is 9. The Morgan fingerprint density at radius 3 is 2.13 bits per heavy atom. The van der Waals surface area contributed by atoms with Crippen LogP contribution >= 0.6 is 0 Å². The van der Waals surface area contributed by atoms with E-state index in [1.807, 2.05) is 48.5 Å². The van der Waals surface area contributed by atoms with Gasteiger partial charge in [-0.25, -0.2) is 0 Å². The van der Waals surface area contributed by atoms with Crippen LogP contribution in [-0.2, 0) is 33.3 Å². The number of ketones is 1. The highest BCUT2D eigenvalue weighted by molar-refractivity contribution is 5.84. The Hall–Kier alpha value is -1.14. The monoisotopic (exact) mass is 751 g/mol. The first-order valence-electron chi connectivity index (χ1n) is 21.3. The van der Waals surface area contributed by atoms with E-state index in [2.05, 4.69) is 27.7 Å². The van der Waals surface area contributed by atoms with Crippen LogP contribution in [-0.4, -0.2) is 86.0 Å². The van der Waals surface area contributed by atoms with Crippen LogP contribution in [0.5, 0.6) is 0 Å². The Morgan fingerprint density at radius 2 is 1.53 bits per heavy atom. The van der Waals surface area contributed by atoms with Crippen molar-refractivity contribution in [2.75, 3.05) is 0 Å². The number of rotatable bonds is 12. The summed E-state index contributed by atoms with van der Waals surface area (Å²) in [5, 5.41) is 32.8. The first-order valence-corrected chi connectivity index (χ1v) is 21.3. The molecule has 5 fully saturated rings. The average Bonchev–Trinajstić information content (AvgIpc) is 3.44. The summed E-state index contributed by atoms with van der Waals surface area (Å²) in [6, 6.07) is 0. The molecule has 0 radical (unpaired) electrons. The van der Waals surface area contributed by atoms with Gasteiger partial charge in [-0.3, -0.25) is 9.59 Å². The van der Waals surface area contributed by atoms with Crippen LogP contribution in [0.25, 0.3) is 0 Å². The molecule has 0 aromatic rings. The highest BCUT2D eigenvalue weighted by atomic mass is 16.8. The molecule has 0 aromatic carbocycles. The normalized spacial score (nSPS) is 46.5. The summed E-state index contributed by atoms with van der Waals surface area (Å²) in [6.07, 6.45) is 7.19. The lowest BCUT2D eigenvalue weighted by Crippen LogP contribution is -2.61. The number of aliphatic carboxylic acids is 1. The van der Waals surface area contributed by atoms with Crippen LogP contribution in [0.15, 0.2) is 0 Å². The number of hydrogen-bond donors (Lipinski definition) is 3. The summed E-state index contributed by atoms with van der Waals surface area (Å²) in [7, 11) is 0. The zero-order valence-corrected chi connectivity index (χ0v) is 34.8. The summed E-state index contributed by atoms with van der Waals surface area (Å²) in [6.45, 7) is 22.1. The van der Waals surface area contributed by atoms with E-state index in [1.165, 1.54) is 0 Å². The van der Waals surface area contributed by atoms with Crippen molar-refractivity contribution in [2.45, 2.75) is 219 Å². The molecule has 3 N–H and O–H groups in total. The molecule has 5 saturated heterocycles. The molecule has 10 nitrogen and oxygen atoms in total. The predicted octanol–water partition coefficient (Wildman–Crippen LogP) is 7.83. The first kappa shape index (κ1) is 43.0. The highest BCUT2D eigenvalue weighted by Gasteiger charge is 2.61. The smallest absolute Gasteiger partial charge is 0.309 e. The van der Waals surface area contributed by atoms with E-state index in [1.54, 1.807) is 0 Å². The fourth-order valence-corrected chi connectivity index (χ4v) is 11.3. The van der Waals surface area contributed by atoms with E-state index in [9.17, 15) is 24.9 Å². The van der Waals surface area contributed by atoms with Crippen molar-refractivity contribution in [1.82, 2.24) is 0 Å². The van der Waals surface area contributed by atoms with Crippen LogP contribution in [0.1, 0.15) is 160 Å². The Morgan fingerprint density at radius 1 is 0.830 bits per heavy atom. The van der Waals surface area contributed by atoms with Crippen molar-refractivity contribution in [3.63, 3.8) is 0 Å². The Labute approximate surface area is 319 Å². The Bertz CT molecular complexity index is 1290. The zero-order chi connectivity index (χ0) is 39.3. The van der Waals surface area contributed by atoms with Crippen molar-refractivity contribution < 1.29 is 48.6 Å². The van der Waals surface area contributed by atoms with E-state index < -0.39 is 58.2 Å². The van der Waals surface area contributed by atoms with Gasteiger partial charge in [0, 0.05) is 42.9 Å².